The van der Waals surface area contributed by atoms with Crippen LogP contribution in [0.4, 0.5) is 10.9 Å². The van der Waals surface area contributed by atoms with Gasteiger partial charge in [0.25, 0.3) is 0 Å². The highest BCUT2D eigenvalue weighted by Crippen LogP contribution is 2.32. The summed E-state index contributed by atoms with van der Waals surface area (Å²) >= 11 is 7.63. The van der Waals surface area contributed by atoms with Gasteiger partial charge in [0.1, 0.15) is 5.75 Å². The van der Waals surface area contributed by atoms with Gasteiger partial charge in [-0.15, -0.1) is 0 Å². The molecule has 0 aliphatic heterocycles. The van der Waals surface area contributed by atoms with Crippen LogP contribution in [-0.4, -0.2) is 31.0 Å². The fourth-order valence-corrected chi connectivity index (χ4v) is 3.68. The largest absolute Gasteiger partial charge is 0.423 e. The summed E-state index contributed by atoms with van der Waals surface area (Å²) in [6, 6.07) is 9.71. The number of nitrogens with one attached hydrogen (secondary N) is 2. The first kappa shape index (κ1) is 22.1. The van der Waals surface area contributed by atoms with E-state index >= 15 is 0 Å². The Morgan fingerprint density at radius 1 is 1.06 bits per heavy atom. The van der Waals surface area contributed by atoms with Crippen molar-refractivity contribution in [2.75, 3.05) is 5.32 Å². The Labute approximate surface area is 195 Å². The molecule has 0 fully saturated rings. The second-order valence-electron chi connectivity index (χ2n) is 7.29. The first-order valence-electron chi connectivity index (χ1n) is 10.0. The molecule has 0 aliphatic carbocycles. The molecular formula is C22H22ClN7OS. The fourth-order valence-electron chi connectivity index (χ4n) is 2.72. The summed E-state index contributed by atoms with van der Waals surface area (Å²) in [5.74, 6) is 1.13. The Bertz CT molecular complexity index is 1200. The summed E-state index contributed by atoms with van der Waals surface area (Å²) in [6.07, 6.45) is 5.20. The smallest absolute Gasteiger partial charge is 0.322 e. The third-order valence-corrected chi connectivity index (χ3v) is 5.51. The van der Waals surface area contributed by atoms with Crippen molar-refractivity contribution in [3.05, 3.63) is 65.3 Å². The van der Waals surface area contributed by atoms with Gasteiger partial charge in [0, 0.05) is 24.5 Å². The normalized spacial score (nSPS) is 11.0. The molecule has 4 rings (SSSR count). The van der Waals surface area contributed by atoms with Crippen LogP contribution in [0.15, 0.2) is 48.9 Å². The minimum Gasteiger partial charge on any atom is -0.423 e. The third-order valence-electron chi connectivity index (χ3n) is 4.26. The second-order valence-corrected chi connectivity index (χ2v) is 8.73. The van der Waals surface area contributed by atoms with Gasteiger partial charge in [-0.05, 0) is 25.1 Å². The zero-order valence-electron chi connectivity index (χ0n) is 17.8. The SMILES string of the molecule is Cc1cc(-c2cnc(Nc3cnc(CNC(C)C)cn3)s2)nc(Oc2ccccc2Cl)n1. The Hall–Kier alpha value is -3.14. The van der Waals surface area contributed by atoms with Crippen molar-refractivity contribution in [2.45, 2.75) is 33.4 Å². The van der Waals surface area contributed by atoms with Crippen molar-refractivity contribution in [1.29, 1.82) is 0 Å². The van der Waals surface area contributed by atoms with Gasteiger partial charge in [-0.25, -0.2) is 15.0 Å². The van der Waals surface area contributed by atoms with Crippen LogP contribution in [0, 0.1) is 6.92 Å². The molecule has 0 atom stereocenters. The van der Waals surface area contributed by atoms with Crippen LogP contribution in [-0.2, 0) is 6.54 Å². The summed E-state index contributed by atoms with van der Waals surface area (Å²) < 4.78 is 5.79. The number of halogens is 1. The van der Waals surface area contributed by atoms with E-state index in [0.717, 1.165) is 16.3 Å². The number of benzene rings is 1. The average molecular weight is 468 g/mol. The number of hydrogen-bond acceptors (Lipinski definition) is 9. The molecule has 1 aromatic carbocycles. The molecule has 0 unspecified atom stereocenters. The Morgan fingerprint density at radius 3 is 2.66 bits per heavy atom. The highest BCUT2D eigenvalue weighted by molar-refractivity contribution is 7.18. The molecule has 4 aromatic rings. The number of ether oxygens (including phenoxy) is 1. The minimum atomic E-state index is 0.229. The lowest BCUT2D eigenvalue weighted by Gasteiger charge is -2.08. The molecule has 2 N–H and O–H groups in total. The number of para-hydroxylation sites is 1. The molecule has 0 aliphatic rings. The van der Waals surface area contributed by atoms with Crippen LogP contribution in [0.5, 0.6) is 11.8 Å². The zero-order valence-corrected chi connectivity index (χ0v) is 19.4. The van der Waals surface area contributed by atoms with Gasteiger partial charge in [-0.3, -0.25) is 4.98 Å². The predicted molar refractivity (Wildman–Crippen MR) is 127 cm³/mol. The second kappa shape index (κ2) is 9.99. The van der Waals surface area contributed by atoms with Gasteiger partial charge in [0.2, 0.25) is 0 Å². The van der Waals surface area contributed by atoms with Gasteiger partial charge >= 0.3 is 6.01 Å². The molecule has 32 heavy (non-hydrogen) atoms. The van der Waals surface area contributed by atoms with Crippen LogP contribution < -0.4 is 15.4 Å². The lowest BCUT2D eigenvalue weighted by atomic mass is 10.3. The molecule has 10 heteroatoms. The fraction of sp³-hybridized carbons (Fsp3) is 0.227. The lowest BCUT2D eigenvalue weighted by Crippen LogP contribution is -2.22. The first-order valence-corrected chi connectivity index (χ1v) is 11.2. The molecular weight excluding hydrogens is 446 g/mol. The number of thiazole rings is 1. The van der Waals surface area contributed by atoms with Crippen molar-refractivity contribution in [3.63, 3.8) is 0 Å². The van der Waals surface area contributed by atoms with Gasteiger partial charge in [0.05, 0.1) is 33.7 Å². The maximum atomic E-state index is 6.18. The zero-order chi connectivity index (χ0) is 22.5. The molecule has 0 saturated heterocycles. The van der Waals surface area contributed by atoms with Gasteiger partial charge in [-0.1, -0.05) is 48.9 Å². The number of hydrogen-bond donors (Lipinski definition) is 2. The van der Waals surface area contributed by atoms with Crippen LogP contribution in [0.2, 0.25) is 5.02 Å². The molecule has 164 valence electrons. The van der Waals surface area contributed by atoms with E-state index in [-0.39, 0.29) is 6.01 Å². The maximum absolute atomic E-state index is 6.18. The third kappa shape index (κ3) is 5.76. The quantitative estimate of drug-likeness (QED) is 0.356. The monoisotopic (exact) mass is 467 g/mol. The average Bonchev–Trinajstić information content (AvgIpc) is 3.23. The van der Waals surface area contributed by atoms with Crippen LogP contribution in [0.1, 0.15) is 25.2 Å². The highest BCUT2D eigenvalue weighted by Gasteiger charge is 2.12. The Kier molecular flexibility index (Phi) is 6.89. The van der Waals surface area contributed by atoms with E-state index in [9.17, 15) is 0 Å². The Balaban J connectivity index is 1.47. The van der Waals surface area contributed by atoms with Crippen LogP contribution in [0.3, 0.4) is 0 Å². The van der Waals surface area contributed by atoms with Gasteiger partial charge in [-0.2, -0.15) is 4.98 Å². The standard InChI is InChI=1S/C22H22ClN7OS/c1-13(2)24-9-15-10-26-20(12-25-15)30-22-27-11-19(32-22)17-8-14(3)28-21(29-17)31-18-7-5-4-6-16(18)23/h4-8,10-13,24H,9H2,1-3H3,(H,26,27,30). The van der Waals surface area contributed by atoms with E-state index in [1.807, 2.05) is 25.1 Å². The van der Waals surface area contributed by atoms with Crippen molar-refractivity contribution >= 4 is 33.9 Å². The molecule has 8 nitrogen and oxygen atoms in total. The highest BCUT2D eigenvalue weighted by atomic mass is 35.5. The van der Waals surface area contributed by atoms with Crippen molar-refractivity contribution < 1.29 is 4.74 Å². The van der Waals surface area contributed by atoms with Crippen molar-refractivity contribution in [3.8, 4) is 22.3 Å². The molecule has 3 aromatic heterocycles. The van der Waals surface area contributed by atoms with Crippen molar-refractivity contribution in [1.82, 2.24) is 30.2 Å². The minimum absolute atomic E-state index is 0.229. The first-order chi connectivity index (χ1) is 15.5. The molecule has 0 spiro atoms. The summed E-state index contributed by atoms with van der Waals surface area (Å²) in [5.41, 5.74) is 2.37. The van der Waals surface area contributed by atoms with E-state index < -0.39 is 0 Å². The van der Waals surface area contributed by atoms with E-state index in [4.69, 9.17) is 16.3 Å². The number of rotatable bonds is 8. The van der Waals surface area contributed by atoms with Crippen LogP contribution in [0.25, 0.3) is 10.6 Å². The van der Waals surface area contributed by atoms with Crippen LogP contribution >= 0.6 is 22.9 Å². The van der Waals surface area contributed by atoms with Gasteiger partial charge < -0.3 is 15.4 Å². The van der Waals surface area contributed by atoms with E-state index in [1.54, 1.807) is 30.7 Å². The topological polar surface area (TPSA) is 97.7 Å². The molecule has 3 heterocycles. The molecule has 0 amide bonds. The maximum Gasteiger partial charge on any atom is 0.322 e. The van der Waals surface area contributed by atoms with E-state index in [2.05, 4.69) is 49.4 Å². The number of aryl methyl sites for hydroxylation is 1. The molecule has 0 radical (unpaired) electrons. The van der Waals surface area contributed by atoms with E-state index in [1.165, 1.54) is 11.3 Å². The summed E-state index contributed by atoms with van der Waals surface area (Å²) in [7, 11) is 0. The van der Waals surface area contributed by atoms with Gasteiger partial charge in [0.15, 0.2) is 10.9 Å². The number of aromatic nitrogens is 5. The van der Waals surface area contributed by atoms with E-state index in [0.29, 0.717) is 40.0 Å². The lowest BCUT2D eigenvalue weighted by molar-refractivity contribution is 0.441. The summed E-state index contributed by atoms with van der Waals surface area (Å²) in [4.78, 5) is 23.0. The summed E-state index contributed by atoms with van der Waals surface area (Å²) in [6.45, 7) is 6.75. The molecule has 0 bridgehead atoms. The molecule has 0 saturated carbocycles. The summed E-state index contributed by atoms with van der Waals surface area (Å²) in [5, 5.41) is 7.68. The van der Waals surface area contributed by atoms with Crippen molar-refractivity contribution in [2.24, 2.45) is 0 Å². The number of nitrogens with zero attached hydrogens (tertiary/aromatic N) is 5. The number of anilines is 2. The predicted octanol–water partition coefficient (Wildman–Crippen LogP) is 5.39. The Morgan fingerprint density at radius 2 is 1.91 bits per heavy atom.